The Labute approximate surface area is 193 Å². The van der Waals surface area contributed by atoms with E-state index >= 15 is 0 Å². The van der Waals surface area contributed by atoms with Gasteiger partial charge in [-0.25, -0.2) is 9.97 Å². The highest BCUT2D eigenvalue weighted by Gasteiger charge is 2.32. The van der Waals surface area contributed by atoms with Gasteiger partial charge in [-0.3, -0.25) is 9.59 Å². The summed E-state index contributed by atoms with van der Waals surface area (Å²) in [6.07, 6.45) is 1.27. The van der Waals surface area contributed by atoms with E-state index in [1.807, 2.05) is 0 Å². The molecule has 3 N–H and O–H groups in total. The van der Waals surface area contributed by atoms with Gasteiger partial charge in [-0.2, -0.15) is 0 Å². The SMILES string of the molecule is C=CC(=O)N1CC(NC(=O)c2c(C)nc(CNc3nc([Si](C)(C)C)c(Cl)cc3O)n2C)C1. The van der Waals surface area contributed by atoms with Gasteiger partial charge in [-0.05, 0) is 13.0 Å². The molecular formula is C21H29ClN6O3Si. The van der Waals surface area contributed by atoms with E-state index in [-0.39, 0.29) is 30.2 Å². The molecule has 0 atom stereocenters. The fourth-order valence-corrected chi connectivity index (χ4v) is 5.83. The second kappa shape index (κ2) is 8.95. The summed E-state index contributed by atoms with van der Waals surface area (Å²) in [7, 11) is -0.0309. The van der Waals surface area contributed by atoms with Crippen molar-refractivity contribution in [3.63, 3.8) is 0 Å². The van der Waals surface area contributed by atoms with E-state index < -0.39 is 8.07 Å². The summed E-state index contributed by atoms with van der Waals surface area (Å²) in [5.74, 6) is 0.532. The summed E-state index contributed by atoms with van der Waals surface area (Å²) in [5, 5.41) is 17.6. The lowest BCUT2D eigenvalue weighted by Gasteiger charge is -2.38. The van der Waals surface area contributed by atoms with Crippen molar-refractivity contribution in [2.24, 2.45) is 7.05 Å². The second-order valence-electron chi connectivity index (χ2n) is 8.93. The minimum atomic E-state index is -1.80. The van der Waals surface area contributed by atoms with Crippen LogP contribution in [0, 0.1) is 6.92 Å². The van der Waals surface area contributed by atoms with Gasteiger partial charge in [0.15, 0.2) is 11.6 Å². The van der Waals surface area contributed by atoms with Crippen LogP contribution < -0.4 is 16.0 Å². The van der Waals surface area contributed by atoms with E-state index in [1.54, 1.807) is 23.4 Å². The maximum Gasteiger partial charge on any atom is 0.270 e. The Kier molecular flexibility index (Phi) is 6.66. The molecule has 2 amide bonds. The number of carbonyl (C=O) groups is 2. The molecule has 1 fully saturated rings. The van der Waals surface area contributed by atoms with Crippen molar-refractivity contribution in [3.05, 3.63) is 41.0 Å². The first kappa shape index (κ1) is 23.8. The molecule has 0 aromatic carbocycles. The molecule has 0 radical (unpaired) electrons. The number of rotatable bonds is 7. The average molecular weight is 477 g/mol. The number of aromatic hydroxyl groups is 1. The third-order valence-electron chi connectivity index (χ3n) is 5.36. The quantitative estimate of drug-likeness (QED) is 0.414. The fourth-order valence-electron chi connectivity index (χ4n) is 3.60. The highest BCUT2D eigenvalue weighted by atomic mass is 35.5. The van der Waals surface area contributed by atoms with Crippen molar-refractivity contribution in [2.75, 3.05) is 18.4 Å². The normalized spacial score (nSPS) is 14.1. The third kappa shape index (κ3) is 4.81. The average Bonchev–Trinajstić information content (AvgIpc) is 2.95. The minimum absolute atomic E-state index is 0.0375. The van der Waals surface area contributed by atoms with Gasteiger partial charge in [-0.15, -0.1) is 0 Å². The van der Waals surface area contributed by atoms with Crippen LogP contribution in [0.2, 0.25) is 24.7 Å². The predicted octanol–water partition coefficient (Wildman–Crippen LogP) is 1.77. The van der Waals surface area contributed by atoms with Gasteiger partial charge in [0, 0.05) is 31.5 Å². The van der Waals surface area contributed by atoms with E-state index in [0.29, 0.717) is 41.1 Å². The van der Waals surface area contributed by atoms with Crippen molar-refractivity contribution >= 4 is 42.6 Å². The summed E-state index contributed by atoms with van der Waals surface area (Å²) in [5.41, 5.74) is 1.04. The molecule has 1 aliphatic heterocycles. The van der Waals surface area contributed by atoms with Crippen LogP contribution in [0.1, 0.15) is 22.0 Å². The molecule has 2 aromatic heterocycles. The van der Waals surface area contributed by atoms with Gasteiger partial charge in [-0.1, -0.05) is 37.8 Å². The van der Waals surface area contributed by atoms with Crippen LogP contribution in [0.4, 0.5) is 5.82 Å². The summed E-state index contributed by atoms with van der Waals surface area (Å²) in [6.45, 7) is 12.8. The molecule has 0 saturated carbocycles. The van der Waals surface area contributed by atoms with Gasteiger partial charge < -0.3 is 25.2 Å². The molecule has 0 spiro atoms. The Hall–Kier alpha value is -2.85. The van der Waals surface area contributed by atoms with Gasteiger partial charge in [0.25, 0.3) is 5.91 Å². The van der Waals surface area contributed by atoms with Crippen molar-refractivity contribution in [1.82, 2.24) is 24.8 Å². The maximum atomic E-state index is 12.8. The molecule has 2 aromatic rings. The first-order chi connectivity index (χ1) is 14.9. The van der Waals surface area contributed by atoms with E-state index in [2.05, 4.69) is 46.8 Å². The zero-order valence-corrected chi connectivity index (χ0v) is 20.7. The number of pyridine rings is 1. The van der Waals surface area contributed by atoms with Crippen molar-refractivity contribution < 1.29 is 14.7 Å². The number of aryl methyl sites for hydroxylation is 1. The molecule has 0 unspecified atom stereocenters. The molecule has 1 saturated heterocycles. The molecule has 32 heavy (non-hydrogen) atoms. The molecule has 9 nitrogen and oxygen atoms in total. The third-order valence-corrected chi connectivity index (χ3v) is 7.61. The Bertz CT molecular complexity index is 1070. The summed E-state index contributed by atoms with van der Waals surface area (Å²) in [4.78, 5) is 35.0. The van der Waals surface area contributed by atoms with E-state index in [0.717, 1.165) is 5.32 Å². The number of imidazole rings is 1. The number of anilines is 1. The van der Waals surface area contributed by atoms with Crippen molar-refractivity contribution in [2.45, 2.75) is 39.2 Å². The number of amides is 2. The van der Waals surface area contributed by atoms with E-state index in [9.17, 15) is 14.7 Å². The number of hydrogen-bond donors (Lipinski definition) is 3. The molecule has 172 valence electrons. The van der Waals surface area contributed by atoms with E-state index in [1.165, 1.54) is 12.1 Å². The standard InChI is InChI=1S/C21H29ClN6O3Si/c1-7-17(30)28-10-13(11-28)25-20(31)18-12(2)24-16(27(18)3)9-23-19-15(29)8-14(22)21(26-19)32(4,5)6/h7-8,13,29H,1,9-11H2,2-6H3,(H,23,26)(H,25,31). The number of nitrogens with zero attached hydrogens (tertiary/aromatic N) is 4. The van der Waals surface area contributed by atoms with E-state index in [4.69, 9.17) is 11.6 Å². The number of carbonyl (C=O) groups excluding carboxylic acids is 2. The van der Waals surface area contributed by atoms with Crippen LogP contribution in [0.3, 0.4) is 0 Å². The highest BCUT2D eigenvalue weighted by molar-refractivity contribution is 6.89. The second-order valence-corrected chi connectivity index (χ2v) is 14.3. The maximum absolute atomic E-state index is 12.8. The Morgan fingerprint density at radius 3 is 2.59 bits per heavy atom. The van der Waals surface area contributed by atoms with Crippen LogP contribution in [0.5, 0.6) is 5.75 Å². The smallest absolute Gasteiger partial charge is 0.270 e. The van der Waals surface area contributed by atoms with Crippen LogP contribution in [-0.4, -0.2) is 63.6 Å². The van der Waals surface area contributed by atoms with Crippen molar-refractivity contribution in [1.29, 1.82) is 0 Å². The molecule has 0 bridgehead atoms. The Balaban J connectivity index is 1.70. The van der Waals surface area contributed by atoms with Crippen LogP contribution in [0.15, 0.2) is 18.7 Å². The Morgan fingerprint density at radius 1 is 1.34 bits per heavy atom. The van der Waals surface area contributed by atoms with Gasteiger partial charge in [0.05, 0.1) is 23.3 Å². The van der Waals surface area contributed by atoms with Gasteiger partial charge >= 0.3 is 0 Å². The monoisotopic (exact) mass is 476 g/mol. The van der Waals surface area contributed by atoms with Crippen LogP contribution >= 0.6 is 11.6 Å². The minimum Gasteiger partial charge on any atom is -0.504 e. The topological polar surface area (TPSA) is 112 Å². The van der Waals surface area contributed by atoms with Crippen LogP contribution in [-0.2, 0) is 18.4 Å². The Morgan fingerprint density at radius 2 is 2.00 bits per heavy atom. The molecule has 0 aliphatic carbocycles. The first-order valence-corrected chi connectivity index (χ1v) is 14.2. The zero-order valence-electron chi connectivity index (χ0n) is 19.0. The fraction of sp³-hybridized carbons (Fsp3) is 0.429. The molecule has 3 rings (SSSR count). The van der Waals surface area contributed by atoms with Gasteiger partial charge in [0.2, 0.25) is 5.91 Å². The lowest BCUT2D eigenvalue weighted by Crippen LogP contribution is -2.60. The van der Waals surface area contributed by atoms with Gasteiger partial charge in [0.1, 0.15) is 19.6 Å². The summed E-state index contributed by atoms with van der Waals surface area (Å²) < 4.78 is 1.72. The van der Waals surface area contributed by atoms with Crippen molar-refractivity contribution in [3.8, 4) is 5.75 Å². The lowest BCUT2D eigenvalue weighted by atomic mass is 10.1. The number of nitrogens with one attached hydrogen (secondary N) is 2. The first-order valence-electron chi connectivity index (χ1n) is 10.3. The lowest BCUT2D eigenvalue weighted by molar-refractivity contribution is -0.130. The largest absolute Gasteiger partial charge is 0.504 e. The number of halogens is 1. The zero-order chi connectivity index (χ0) is 23.8. The summed E-state index contributed by atoms with van der Waals surface area (Å²) >= 11 is 6.28. The molecule has 11 heteroatoms. The number of hydrogen-bond acceptors (Lipinski definition) is 6. The molecule has 3 heterocycles. The predicted molar refractivity (Wildman–Crippen MR) is 127 cm³/mol. The molecule has 1 aliphatic rings. The number of likely N-dealkylation sites (tertiary alicyclic amines) is 1. The summed E-state index contributed by atoms with van der Waals surface area (Å²) in [6, 6.07) is 1.41. The number of aromatic nitrogens is 3. The molecular weight excluding hydrogens is 448 g/mol. The highest BCUT2D eigenvalue weighted by Crippen LogP contribution is 2.25. The van der Waals surface area contributed by atoms with Crippen LogP contribution in [0.25, 0.3) is 0 Å².